The number of nitrogens with zero attached hydrogens (tertiary/aromatic N) is 1. The number of anilines is 1. The number of amides is 2. The van der Waals surface area contributed by atoms with E-state index in [1.807, 2.05) is 0 Å². The second-order valence-electron chi connectivity index (χ2n) is 5.67. The number of hydrogen-bond donors (Lipinski definition) is 3. The van der Waals surface area contributed by atoms with Crippen LogP contribution in [0.5, 0.6) is 0 Å². The first-order valence-corrected chi connectivity index (χ1v) is 7.25. The zero-order valence-electron chi connectivity index (χ0n) is 12.1. The van der Waals surface area contributed by atoms with Crippen LogP contribution in [0.3, 0.4) is 0 Å². The van der Waals surface area contributed by atoms with Crippen LogP contribution in [-0.4, -0.2) is 36.2 Å². The number of nitrogens with one attached hydrogen (secondary N) is 2. The Morgan fingerprint density at radius 2 is 2.27 bits per heavy atom. The van der Waals surface area contributed by atoms with Crippen LogP contribution in [0.4, 0.5) is 5.69 Å². The van der Waals surface area contributed by atoms with E-state index in [0.29, 0.717) is 29.9 Å². The maximum absolute atomic E-state index is 12.3. The summed E-state index contributed by atoms with van der Waals surface area (Å²) in [7, 11) is 0. The highest BCUT2D eigenvalue weighted by Gasteiger charge is 2.42. The maximum atomic E-state index is 12.3. The van der Waals surface area contributed by atoms with Crippen molar-refractivity contribution in [3.05, 3.63) is 29.8 Å². The van der Waals surface area contributed by atoms with E-state index in [4.69, 9.17) is 10.6 Å². The summed E-state index contributed by atoms with van der Waals surface area (Å²) in [5.74, 6) is -0.853. The van der Waals surface area contributed by atoms with Gasteiger partial charge in [-0.05, 0) is 37.6 Å². The first kappa shape index (κ1) is 14.5. The average molecular weight is 302 g/mol. The Labute approximate surface area is 127 Å². The van der Waals surface area contributed by atoms with Crippen LogP contribution in [0, 0.1) is 0 Å². The second-order valence-corrected chi connectivity index (χ2v) is 5.67. The average Bonchev–Trinajstić information content (AvgIpc) is 2.92. The fourth-order valence-electron chi connectivity index (χ4n) is 2.77. The first-order valence-electron chi connectivity index (χ1n) is 7.25. The monoisotopic (exact) mass is 302 g/mol. The number of rotatable bonds is 3. The van der Waals surface area contributed by atoms with Gasteiger partial charge in [-0.1, -0.05) is 11.2 Å². The molecule has 116 valence electrons. The van der Waals surface area contributed by atoms with E-state index in [1.54, 1.807) is 18.2 Å². The molecule has 0 saturated carbocycles. The topological polar surface area (TPSA) is 106 Å². The van der Waals surface area contributed by atoms with Crippen LogP contribution in [-0.2, 0) is 9.63 Å². The zero-order chi connectivity index (χ0) is 15.6. The Morgan fingerprint density at radius 1 is 1.41 bits per heavy atom. The number of carbonyl (C=O) groups excluding carboxylic acids is 2. The molecule has 4 N–H and O–H groups in total. The van der Waals surface area contributed by atoms with Crippen LogP contribution in [0.15, 0.2) is 29.4 Å². The lowest BCUT2D eigenvalue weighted by Crippen LogP contribution is -2.46. The molecule has 1 aromatic carbocycles. The van der Waals surface area contributed by atoms with Crippen molar-refractivity contribution in [2.24, 2.45) is 10.9 Å². The fraction of sp³-hybridized carbons (Fsp3) is 0.400. The third-order valence-corrected chi connectivity index (χ3v) is 3.94. The van der Waals surface area contributed by atoms with Crippen molar-refractivity contribution in [3.63, 3.8) is 0 Å². The Bertz CT molecular complexity index is 635. The summed E-state index contributed by atoms with van der Waals surface area (Å²) in [6.45, 7) is 1.66. The van der Waals surface area contributed by atoms with Crippen molar-refractivity contribution in [2.45, 2.75) is 24.9 Å². The van der Waals surface area contributed by atoms with Gasteiger partial charge < -0.3 is 21.2 Å². The molecule has 2 aliphatic heterocycles. The highest BCUT2D eigenvalue weighted by molar-refractivity contribution is 6.43. The van der Waals surface area contributed by atoms with Crippen molar-refractivity contribution in [2.75, 3.05) is 18.4 Å². The number of oxime groups is 1. The van der Waals surface area contributed by atoms with Gasteiger partial charge in [0.2, 0.25) is 5.91 Å². The number of piperidine rings is 1. The number of benzene rings is 1. The normalized spacial score (nSPS) is 23.7. The van der Waals surface area contributed by atoms with Gasteiger partial charge in [0, 0.05) is 24.2 Å². The molecule has 22 heavy (non-hydrogen) atoms. The number of hydrogen-bond acceptors (Lipinski definition) is 5. The van der Waals surface area contributed by atoms with Crippen LogP contribution in [0.2, 0.25) is 0 Å². The van der Waals surface area contributed by atoms with E-state index in [9.17, 15) is 9.59 Å². The maximum Gasteiger partial charge on any atom is 0.273 e. The predicted molar refractivity (Wildman–Crippen MR) is 81.6 cm³/mol. The van der Waals surface area contributed by atoms with Crippen molar-refractivity contribution in [1.29, 1.82) is 0 Å². The standard InChI is InChI=1S/C15H18N4O3/c16-13(20)10-3-1-4-11(7-10)18-14(21)12-8-15(22-19-12)5-2-6-17-9-15/h1,3-4,7,17H,2,5-6,8-9H2,(H2,16,20)(H,18,21). The minimum absolute atomic E-state index is 0.316. The molecule has 7 nitrogen and oxygen atoms in total. The van der Waals surface area contributed by atoms with Gasteiger partial charge in [-0.3, -0.25) is 9.59 Å². The molecule has 7 heteroatoms. The molecule has 0 aliphatic carbocycles. The molecule has 1 saturated heterocycles. The molecule has 0 radical (unpaired) electrons. The lowest BCUT2D eigenvalue weighted by atomic mass is 9.89. The SMILES string of the molecule is NC(=O)c1cccc(NC(=O)C2=NOC3(CCCNC3)C2)c1. The summed E-state index contributed by atoms with van der Waals surface area (Å²) in [6.07, 6.45) is 2.38. The molecule has 1 fully saturated rings. The largest absolute Gasteiger partial charge is 0.387 e. The second kappa shape index (κ2) is 5.76. The molecule has 0 aromatic heterocycles. The lowest BCUT2D eigenvalue weighted by molar-refractivity contribution is -0.110. The molecule has 3 rings (SSSR count). The highest BCUT2D eigenvalue weighted by atomic mass is 16.7. The van der Waals surface area contributed by atoms with Gasteiger partial charge in [0.25, 0.3) is 5.91 Å². The van der Waals surface area contributed by atoms with Crippen molar-refractivity contribution < 1.29 is 14.4 Å². The summed E-state index contributed by atoms with van der Waals surface area (Å²) in [5.41, 5.74) is 6.06. The third kappa shape index (κ3) is 2.94. The van der Waals surface area contributed by atoms with Gasteiger partial charge in [-0.2, -0.15) is 0 Å². The van der Waals surface area contributed by atoms with Crippen molar-refractivity contribution >= 4 is 23.2 Å². The molecule has 1 spiro atoms. The third-order valence-electron chi connectivity index (χ3n) is 3.94. The van der Waals surface area contributed by atoms with Gasteiger partial charge in [-0.25, -0.2) is 0 Å². The van der Waals surface area contributed by atoms with E-state index in [-0.39, 0.29) is 11.5 Å². The molecular formula is C15H18N4O3. The van der Waals surface area contributed by atoms with Crippen LogP contribution < -0.4 is 16.4 Å². The summed E-state index contributed by atoms with van der Waals surface area (Å²) in [5, 5.41) is 9.93. The molecule has 2 heterocycles. The number of primary amides is 1. The summed E-state index contributed by atoms with van der Waals surface area (Å²) < 4.78 is 0. The highest BCUT2D eigenvalue weighted by Crippen LogP contribution is 2.30. The first-order chi connectivity index (χ1) is 10.6. The van der Waals surface area contributed by atoms with Crippen LogP contribution in [0.25, 0.3) is 0 Å². The fourth-order valence-corrected chi connectivity index (χ4v) is 2.77. The molecule has 1 atom stereocenters. The number of nitrogens with two attached hydrogens (primary N) is 1. The lowest BCUT2D eigenvalue weighted by Gasteiger charge is -2.30. The Kier molecular flexibility index (Phi) is 3.81. The van der Waals surface area contributed by atoms with Crippen molar-refractivity contribution in [1.82, 2.24) is 5.32 Å². The van der Waals surface area contributed by atoms with Gasteiger partial charge in [-0.15, -0.1) is 0 Å². The van der Waals surface area contributed by atoms with Gasteiger partial charge in [0.1, 0.15) is 5.71 Å². The van der Waals surface area contributed by atoms with Crippen LogP contribution >= 0.6 is 0 Å². The van der Waals surface area contributed by atoms with Gasteiger partial charge in [0.05, 0.1) is 0 Å². The molecule has 1 unspecified atom stereocenters. The van der Waals surface area contributed by atoms with E-state index in [1.165, 1.54) is 6.07 Å². The van der Waals surface area contributed by atoms with Gasteiger partial charge in [0.15, 0.2) is 5.60 Å². The van der Waals surface area contributed by atoms with Crippen LogP contribution in [0.1, 0.15) is 29.6 Å². The van der Waals surface area contributed by atoms with E-state index in [2.05, 4.69) is 15.8 Å². The van der Waals surface area contributed by atoms with E-state index in [0.717, 1.165) is 19.4 Å². The van der Waals surface area contributed by atoms with E-state index < -0.39 is 5.91 Å². The van der Waals surface area contributed by atoms with E-state index >= 15 is 0 Å². The van der Waals surface area contributed by atoms with Crippen molar-refractivity contribution in [3.8, 4) is 0 Å². The summed E-state index contributed by atoms with van der Waals surface area (Å²) in [4.78, 5) is 28.9. The molecule has 0 bridgehead atoms. The molecule has 1 aromatic rings. The Hall–Kier alpha value is -2.41. The summed E-state index contributed by atoms with van der Waals surface area (Å²) >= 11 is 0. The quantitative estimate of drug-likeness (QED) is 0.761. The predicted octanol–water partition coefficient (Wildman–Crippen LogP) is 0.622. The summed E-state index contributed by atoms with van der Waals surface area (Å²) in [6, 6.07) is 6.49. The number of carbonyl (C=O) groups is 2. The minimum atomic E-state index is -0.537. The molecular weight excluding hydrogens is 284 g/mol. The Morgan fingerprint density at radius 3 is 3.00 bits per heavy atom. The smallest absolute Gasteiger partial charge is 0.273 e. The Balaban J connectivity index is 1.65. The zero-order valence-corrected chi connectivity index (χ0v) is 12.1. The molecule has 2 aliphatic rings. The molecule has 2 amide bonds. The minimum Gasteiger partial charge on any atom is -0.387 e. The van der Waals surface area contributed by atoms with Gasteiger partial charge >= 0.3 is 0 Å².